The Kier molecular flexibility index (Phi) is 7.24. The summed E-state index contributed by atoms with van der Waals surface area (Å²) in [7, 11) is -0.472. The smallest absolute Gasteiger partial charge is 0.279 e. The Hall–Kier alpha value is -2.27. The van der Waals surface area contributed by atoms with Crippen LogP contribution < -0.4 is 10.5 Å². The van der Waals surface area contributed by atoms with E-state index < -0.39 is 10.2 Å². The Morgan fingerprint density at radius 1 is 1.20 bits per heavy atom. The Morgan fingerprint density at radius 2 is 1.97 bits per heavy atom. The van der Waals surface area contributed by atoms with Crippen molar-refractivity contribution >= 4 is 38.0 Å². The van der Waals surface area contributed by atoms with Gasteiger partial charge in [0, 0.05) is 39.0 Å². The minimum absolute atomic E-state index is 0.216. The van der Waals surface area contributed by atoms with E-state index in [1.54, 1.807) is 0 Å². The summed E-state index contributed by atoms with van der Waals surface area (Å²) in [5, 5.41) is 1.01. The summed E-state index contributed by atoms with van der Waals surface area (Å²) in [6.07, 6.45) is 2.95. The van der Waals surface area contributed by atoms with Crippen LogP contribution in [-0.4, -0.2) is 61.1 Å². The number of nitrogen functional groups attached to an aromatic ring is 1. The van der Waals surface area contributed by atoms with Gasteiger partial charge in [0.1, 0.15) is 11.3 Å². The SMILES string of the molecule is CCCCc1nc2c(N)nc3ccccc3c2n1CCOCCNS(=O)(=O)N(C)C. The number of hydrogen-bond acceptors (Lipinski definition) is 6. The zero-order valence-corrected chi connectivity index (χ0v) is 18.6. The first-order valence-electron chi connectivity index (χ1n) is 10.1. The normalized spacial score (nSPS) is 12.4. The van der Waals surface area contributed by atoms with Gasteiger partial charge in [-0.05, 0) is 12.5 Å². The maximum atomic E-state index is 11.7. The Balaban J connectivity index is 1.78. The average molecular weight is 435 g/mol. The van der Waals surface area contributed by atoms with Crippen LogP contribution in [0.5, 0.6) is 0 Å². The number of hydrogen-bond donors (Lipinski definition) is 2. The number of rotatable bonds is 11. The molecule has 0 atom stereocenters. The number of benzene rings is 1. The van der Waals surface area contributed by atoms with E-state index in [9.17, 15) is 8.42 Å². The zero-order valence-electron chi connectivity index (χ0n) is 17.8. The second-order valence-corrected chi connectivity index (χ2v) is 9.26. The summed E-state index contributed by atoms with van der Waals surface area (Å²) < 4.78 is 34.9. The number of nitrogens with one attached hydrogen (secondary N) is 1. The lowest BCUT2D eigenvalue weighted by Crippen LogP contribution is -2.37. The van der Waals surface area contributed by atoms with Crippen LogP contribution in [0.3, 0.4) is 0 Å². The second kappa shape index (κ2) is 9.69. The van der Waals surface area contributed by atoms with Crippen molar-refractivity contribution in [2.75, 3.05) is 39.6 Å². The van der Waals surface area contributed by atoms with Crippen molar-refractivity contribution in [3.05, 3.63) is 30.1 Å². The first-order valence-corrected chi connectivity index (χ1v) is 11.6. The second-order valence-electron chi connectivity index (χ2n) is 7.29. The predicted octanol–water partition coefficient (Wildman–Crippen LogP) is 1.92. The minimum atomic E-state index is -3.44. The van der Waals surface area contributed by atoms with Gasteiger partial charge in [0.2, 0.25) is 0 Å². The monoisotopic (exact) mass is 434 g/mol. The topological polar surface area (TPSA) is 115 Å². The lowest BCUT2D eigenvalue weighted by Gasteiger charge is -2.13. The van der Waals surface area contributed by atoms with Crippen LogP contribution in [0, 0.1) is 0 Å². The van der Waals surface area contributed by atoms with Gasteiger partial charge in [-0.25, -0.2) is 9.97 Å². The molecule has 0 saturated heterocycles. The van der Waals surface area contributed by atoms with Gasteiger partial charge in [0.05, 0.1) is 24.2 Å². The molecule has 2 heterocycles. The molecule has 0 amide bonds. The number of aryl methyl sites for hydroxylation is 1. The summed E-state index contributed by atoms with van der Waals surface area (Å²) in [5.41, 5.74) is 8.74. The molecule has 0 fully saturated rings. The standard InChI is InChI=1S/C20H30N6O3S/c1-4-5-10-17-24-18-19(15-8-6-7-9-16(15)23-20(18)21)26(17)12-14-29-13-11-22-30(27,28)25(2)3/h6-9,22H,4-5,10-14H2,1-3H3,(H2,21,23). The molecule has 2 aromatic heterocycles. The highest BCUT2D eigenvalue weighted by atomic mass is 32.2. The molecule has 0 aliphatic rings. The molecule has 3 aromatic rings. The molecular weight excluding hydrogens is 404 g/mol. The first-order chi connectivity index (χ1) is 14.3. The van der Waals surface area contributed by atoms with E-state index in [4.69, 9.17) is 15.5 Å². The van der Waals surface area contributed by atoms with Crippen LogP contribution >= 0.6 is 0 Å². The van der Waals surface area contributed by atoms with E-state index in [0.717, 1.165) is 51.3 Å². The zero-order chi connectivity index (χ0) is 21.7. The summed E-state index contributed by atoms with van der Waals surface area (Å²) in [5.74, 6) is 1.40. The highest BCUT2D eigenvalue weighted by Gasteiger charge is 2.17. The number of imidazole rings is 1. The maximum Gasteiger partial charge on any atom is 0.279 e. The molecule has 0 radical (unpaired) electrons. The van der Waals surface area contributed by atoms with Gasteiger partial charge in [-0.3, -0.25) is 0 Å². The molecule has 0 bridgehead atoms. The van der Waals surface area contributed by atoms with E-state index in [2.05, 4.69) is 21.2 Å². The molecular formula is C20H30N6O3S. The highest BCUT2D eigenvalue weighted by Crippen LogP contribution is 2.29. The highest BCUT2D eigenvalue weighted by molar-refractivity contribution is 7.87. The molecule has 164 valence electrons. The Morgan fingerprint density at radius 3 is 2.70 bits per heavy atom. The van der Waals surface area contributed by atoms with E-state index in [0.29, 0.717) is 19.0 Å². The number of aromatic nitrogens is 3. The van der Waals surface area contributed by atoms with Crippen LogP contribution in [0.4, 0.5) is 5.82 Å². The summed E-state index contributed by atoms with van der Waals surface area (Å²) in [4.78, 5) is 9.29. The van der Waals surface area contributed by atoms with Crippen molar-refractivity contribution < 1.29 is 13.2 Å². The summed E-state index contributed by atoms with van der Waals surface area (Å²) >= 11 is 0. The third kappa shape index (κ3) is 4.89. The molecule has 30 heavy (non-hydrogen) atoms. The van der Waals surface area contributed by atoms with Crippen molar-refractivity contribution in [1.29, 1.82) is 0 Å². The Bertz CT molecular complexity index is 1110. The van der Waals surface area contributed by atoms with Crippen LogP contribution in [0.2, 0.25) is 0 Å². The van der Waals surface area contributed by atoms with Crippen LogP contribution in [0.1, 0.15) is 25.6 Å². The van der Waals surface area contributed by atoms with Crippen molar-refractivity contribution in [2.24, 2.45) is 0 Å². The number of para-hydroxylation sites is 1. The van der Waals surface area contributed by atoms with Crippen LogP contribution in [0.15, 0.2) is 24.3 Å². The van der Waals surface area contributed by atoms with Crippen molar-refractivity contribution in [1.82, 2.24) is 23.6 Å². The van der Waals surface area contributed by atoms with E-state index in [1.165, 1.54) is 14.1 Å². The molecule has 9 nitrogen and oxygen atoms in total. The fourth-order valence-corrected chi connectivity index (χ4v) is 3.90. The van der Waals surface area contributed by atoms with Gasteiger partial charge in [0.25, 0.3) is 10.2 Å². The minimum Gasteiger partial charge on any atom is -0.382 e. The van der Waals surface area contributed by atoms with Gasteiger partial charge in [-0.15, -0.1) is 0 Å². The van der Waals surface area contributed by atoms with E-state index >= 15 is 0 Å². The third-order valence-corrected chi connectivity index (χ3v) is 6.44. The molecule has 3 rings (SSSR count). The number of fused-ring (bicyclic) bond motifs is 3. The van der Waals surface area contributed by atoms with Gasteiger partial charge >= 0.3 is 0 Å². The quantitative estimate of drug-likeness (QED) is 0.446. The number of anilines is 1. The summed E-state index contributed by atoms with van der Waals surface area (Å²) in [6.45, 7) is 3.69. The molecule has 3 N–H and O–H groups in total. The fraction of sp³-hybridized carbons (Fsp3) is 0.500. The number of pyridine rings is 1. The molecule has 0 aliphatic heterocycles. The van der Waals surface area contributed by atoms with Crippen molar-refractivity contribution in [3.63, 3.8) is 0 Å². The van der Waals surface area contributed by atoms with Crippen molar-refractivity contribution in [3.8, 4) is 0 Å². The predicted molar refractivity (Wildman–Crippen MR) is 119 cm³/mol. The number of ether oxygens (including phenoxy) is 1. The fourth-order valence-electron chi connectivity index (χ4n) is 3.30. The van der Waals surface area contributed by atoms with E-state index in [1.807, 2.05) is 24.3 Å². The molecule has 0 unspecified atom stereocenters. The number of nitrogens with two attached hydrogens (primary N) is 1. The van der Waals surface area contributed by atoms with Crippen molar-refractivity contribution in [2.45, 2.75) is 32.7 Å². The van der Waals surface area contributed by atoms with Gasteiger partial charge in [0.15, 0.2) is 5.82 Å². The van der Waals surface area contributed by atoms with Gasteiger partial charge in [-0.2, -0.15) is 17.4 Å². The largest absolute Gasteiger partial charge is 0.382 e. The lowest BCUT2D eigenvalue weighted by molar-refractivity contribution is 0.131. The number of unbranched alkanes of at least 4 members (excludes halogenated alkanes) is 1. The molecule has 1 aromatic carbocycles. The Labute approximate surface area is 177 Å². The molecule has 0 spiro atoms. The summed E-state index contributed by atoms with van der Waals surface area (Å²) in [6, 6.07) is 7.90. The van der Waals surface area contributed by atoms with Crippen LogP contribution in [-0.2, 0) is 27.9 Å². The third-order valence-electron chi connectivity index (χ3n) is 4.91. The molecule has 0 aliphatic carbocycles. The molecule has 0 saturated carbocycles. The van der Waals surface area contributed by atoms with Gasteiger partial charge < -0.3 is 15.0 Å². The first kappa shape index (κ1) is 22.4. The maximum absolute atomic E-state index is 11.7. The average Bonchev–Trinajstić information content (AvgIpc) is 3.08. The van der Waals surface area contributed by atoms with E-state index in [-0.39, 0.29) is 13.2 Å². The van der Waals surface area contributed by atoms with Gasteiger partial charge in [-0.1, -0.05) is 31.5 Å². The van der Waals surface area contributed by atoms with Crippen LogP contribution in [0.25, 0.3) is 21.9 Å². The molecule has 10 heteroatoms. The number of nitrogens with zero attached hydrogens (tertiary/aromatic N) is 4. The lowest BCUT2D eigenvalue weighted by atomic mass is 10.2.